The predicted molar refractivity (Wildman–Crippen MR) is 65.8 cm³/mol. The SMILES string of the molecule is CCCn1cc(C(O)c2ccc(C(F)(F)F)cn2)cn1. The molecule has 0 aliphatic heterocycles. The number of pyridine rings is 1. The third-order valence-corrected chi connectivity index (χ3v) is 2.82. The molecule has 0 saturated heterocycles. The second-order valence-corrected chi connectivity index (χ2v) is 4.41. The van der Waals surface area contributed by atoms with Gasteiger partial charge < -0.3 is 5.11 Å². The standard InChI is InChI=1S/C13H14F3N3O/c1-2-5-19-8-9(6-18-19)12(20)11-4-3-10(7-17-11)13(14,15)16/h3-4,6-8,12,20H,2,5H2,1H3. The number of aliphatic hydroxyl groups is 1. The van der Waals surface area contributed by atoms with E-state index < -0.39 is 17.8 Å². The Morgan fingerprint density at radius 2 is 2.05 bits per heavy atom. The zero-order chi connectivity index (χ0) is 14.8. The first-order valence-electron chi connectivity index (χ1n) is 6.15. The van der Waals surface area contributed by atoms with E-state index in [1.807, 2.05) is 6.92 Å². The van der Waals surface area contributed by atoms with Gasteiger partial charge in [0.25, 0.3) is 0 Å². The van der Waals surface area contributed by atoms with Gasteiger partial charge in [0.2, 0.25) is 0 Å². The van der Waals surface area contributed by atoms with Gasteiger partial charge in [-0.25, -0.2) is 0 Å². The summed E-state index contributed by atoms with van der Waals surface area (Å²) >= 11 is 0. The van der Waals surface area contributed by atoms with Gasteiger partial charge in [0.05, 0.1) is 17.5 Å². The van der Waals surface area contributed by atoms with Crippen molar-refractivity contribution in [3.8, 4) is 0 Å². The van der Waals surface area contributed by atoms with Crippen LogP contribution >= 0.6 is 0 Å². The van der Waals surface area contributed by atoms with Gasteiger partial charge >= 0.3 is 6.18 Å². The van der Waals surface area contributed by atoms with Crippen LogP contribution in [-0.2, 0) is 12.7 Å². The molecular weight excluding hydrogens is 271 g/mol. The lowest BCUT2D eigenvalue weighted by molar-refractivity contribution is -0.137. The van der Waals surface area contributed by atoms with Gasteiger partial charge in [-0.3, -0.25) is 9.67 Å². The lowest BCUT2D eigenvalue weighted by atomic mass is 10.1. The van der Waals surface area contributed by atoms with Crippen LogP contribution < -0.4 is 0 Å². The molecule has 1 N–H and O–H groups in total. The van der Waals surface area contributed by atoms with Crippen LogP contribution in [0.25, 0.3) is 0 Å². The number of aromatic nitrogens is 3. The first kappa shape index (κ1) is 14.5. The predicted octanol–water partition coefficient (Wildman–Crippen LogP) is 2.79. The number of hydrogen-bond acceptors (Lipinski definition) is 3. The van der Waals surface area contributed by atoms with Gasteiger partial charge in [-0.1, -0.05) is 6.92 Å². The molecule has 4 nitrogen and oxygen atoms in total. The molecule has 0 aliphatic rings. The summed E-state index contributed by atoms with van der Waals surface area (Å²) in [6.45, 7) is 2.71. The van der Waals surface area contributed by atoms with E-state index in [4.69, 9.17) is 0 Å². The maximum absolute atomic E-state index is 12.4. The number of halogens is 3. The molecule has 0 aromatic carbocycles. The molecule has 0 spiro atoms. The minimum Gasteiger partial charge on any atom is -0.382 e. The van der Waals surface area contributed by atoms with E-state index in [1.54, 1.807) is 10.9 Å². The molecule has 2 heterocycles. The van der Waals surface area contributed by atoms with Crippen molar-refractivity contribution in [1.29, 1.82) is 0 Å². The summed E-state index contributed by atoms with van der Waals surface area (Å²) < 4.78 is 38.9. The Bertz CT molecular complexity index is 563. The van der Waals surface area contributed by atoms with Crippen LogP contribution in [0.4, 0.5) is 13.2 Å². The summed E-state index contributed by atoms with van der Waals surface area (Å²) in [6, 6.07) is 2.08. The van der Waals surface area contributed by atoms with E-state index in [2.05, 4.69) is 10.1 Å². The Morgan fingerprint density at radius 1 is 1.30 bits per heavy atom. The summed E-state index contributed by atoms with van der Waals surface area (Å²) in [5.74, 6) is 0. The Balaban J connectivity index is 2.17. The molecule has 2 rings (SSSR count). The third-order valence-electron chi connectivity index (χ3n) is 2.82. The van der Waals surface area contributed by atoms with Crippen molar-refractivity contribution in [2.75, 3.05) is 0 Å². The Morgan fingerprint density at radius 3 is 2.60 bits per heavy atom. The van der Waals surface area contributed by atoms with Crippen LogP contribution in [0.2, 0.25) is 0 Å². The van der Waals surface area contributed by atoms with E-state index in [9.17, 15) is 18.3 Å². The minimum atomic E-state index is -4.43. The van der Waals surface area contributed by atoms with E-state index in [-0.39, 0.29) is 5.69 Å². The molecule has 0 amide bonds. The zero-order valence-electron chi connectivity index (χ0n) is 10.8. The fourth-order valence-corrected chi connectivity index (χ4v) is 1.78. The Labute approximate surface area is 113 Å². The summed E-state index contributed by atoms with van der Waals surface area (Å²) in [4.78, 5) is 3.67. The lowest BCUT2D eigenvalue weighted by Crippen LogP contribution is -2.08. The van der Waals surface area contributed by atoms with E-state index in [1.165, 1.54) is 12.3 Å². The molecule has 1 atom stereocenters. The van der Waals surface area contributed by atoms with Crippen molar-refractivity contribution in [2.45, 2.75) is 32.2 Å². The molecule has 108 valence electrons. The molecule has 1 unspecified atom stereocenters. The number of rotatable bonds is 4. The molecule has 0 saturated carbocycles. The zero-order valence-corrected chi connectivity index (χ0v) is 10.8. The number of nitrogens with zero attached hydrogens (tertiary/aromatic N) is 3. The van der Waals surface area contributed by atoms with E-state index >= 15 is 0 Å². The molecule has 0 fully saturated rings. The summed E-state index contributed by atoms with van der Waals surface area (Å²) in [5, 5.41) is 14.1. The monoisotopic (exact) mass is 285 g/mol. The number of aryl methyl sites for hydroxylation is 1. The van der Waals surface area contributed by atoms with Crippen LogP contribution in [0.15, 0.2) is 30.7 Å². The molecule has 0 radical (unpaired) electrons. The quantitative estimate of drug-likeness (QED) is 0.939. The Kier molecular flexibility index (Phi) is 4.08. The molecular formula is C13H14F3N3O. The van der Waals surface area contributed by atoms with Crippen LogP contribution in [0.1, 0.15) is 36.3 Å². The molecule has 20 heavy (non-hydrogen) atoms. The lowest BCUT2D eigenvalue weighted by Gasteiger charge is -2.10. The average molecular weight is 285 g/mol. The van der Waals surface area contributed by atoms with Gasteiger partial charge in [0.1, 0.15) is 6.10 Å². The fraction of sp³-hybridized carbons (Fsp3) is 0.385. The maximum atomic E-state index is 12.4. The van der Waals surface area contributed by atoms with Crippen LogP contribution in [0, 0.1) is 0 Å². The maximum Gasteiger partial charge on any atom is 0.417 e. The Hall–Kier alpha value is -1.89. The molecule has 2 aromatic heterocycles. The van der Waals surface area contributed by atoms with Crippen molar-refractivity contribution >= 4 is 0 Å². The molecule has 2 aromatic rings. The van der Waals surface area contributed by atoms with E-state index in [0.29, 0.717) is 12.1 Å². The smallest absolute Gasteiger partial charge is 0.382 e. The fourth-order valence-electron chi connectivity index (χ4n) is 1.78. The van der Waals surface area contributed by atoms with Crippen LogP contribution in [-0.4, -0.2) is 19.9 Å². The van der Waals surface area contributed by atoms with Crippen LogP contribution in [0.5, 0.6) is 0 Å². The summed E-state index contributed by atoms with van der Waals surface area (Å²) in [6.07, 6.45) is -0.747. The molecule has 7 heteroatoms. The second-order valence-electron chi connectivity index (χ2n) is 4.41. The highest BCUT2D eigenvalue weighted by Crippen LogP contribution is 2.29. The van der Waals surface area contributed by atoms with E-state index in [0.717, 1.165) is 18.7 Å². The normalized spacial score (nSPS) is 13.4. The highest BCUT2D eigenvalue weighted by molar-refractivity contribution is 5.24. The number of alkyl halides is 3. The summed E-state index contributed by atoms with van der Waals surface area (Å²) in [5.41, 5.74) is -0.171. The van der Waals surface area contributed by atoms with Crippen molar-refractivity contribution in [2.24, 2.45) is 0 Å². The molecule has 0 bridgehead atoms. The van der Waals surface area contributed by atoms with Crippen molar-refractivity contribution in [1.82, 2.24) is 14.8 Å². The summed E-state index contributed by atoms with van der Waals surface area (Å²) in [7, 11) is 0. The van der Waals surface area contributed by atoms with Gasteiger partial charge in [0.15, 0.2) is 0 Å². The highest BCUT2D eigenvalue weighted by atomic mass is 19.4. The first-order valence-corrected chi connectivity index (χ1v) is 6.15. The van der Waals surface area contributed by atoms with Crippen molar-refractivity contribution < 1.29 is 18.3 Å². The first-order chi connectivity index (χ1) is 9.41. The number of aliphatic hydroxyl groups excluding tert-OH is 1. The second kappa shape index (κ2) is 5.62. The third kappa shape index (κ3) is 3.16. The largest absolute Gasteiger partial charge is 0.417 e. The molecule has 0 aliphatic carbocycles. The van der Waals surface area contributed by atoms with Crippen molar-refractivity contribution in [3.63, 3.8) is 0 Å². The van der Waals surface area contributed by atoms with Gasteiger partial charge in [-0.15, -0.1) is 0 Å². The topological polar surface area (TPSA) is 50.9 Å². The average Bonchev–Trinajstić information content (AvgIpc) is 2.86. The van der Waals surface area contributed by atoms with Gasteiger partial charge in [0, 0.05) is 24.5 Å². The minimum absolute atomic E-state index is 0.161. The van der Waals surface area contributed by atoms with Crippen LogP contribution in [0.3, 0.4) is 0 Å². The highest BCUT2D eigenvalue weighted by Gasteiger charge is 2.31. The van der Waals surface area contributed by atoms with Gasteiger partial charge in [-0.2, -0.15) is 18.3 Å². The van der Waals surface area contributed by atoms with Crippen molar-refractivity contribution in [3.05, 3.63) is 47.5 Å². The van der Waals surface area contributed by atoms with Gasteiger partial charge in [-0.05, 0) is 18.6 Å². The number of hydrogen-bond donors (Lipinski definition) is 1.